The van der Waals surface area contributed by atoms with Gasteiger partial charge in [0.1, 0.15) is 5.82 Å². The number of fused-ring (bicyclic) bond motifs is 1. The topological polar surface area (TPSA) is 48.0 Å². The minimum Gasteiger partial charge on any atom is -0.396 e. The minimum absolute atomic E-state index is 0.272. The fraction of sp³-hybridized carbons (Fsp3) is 0.333. The molecule has 0 saturated carbocycles. The summed E-state index contributed by atoms with van der Waals surface area (Å²) in [7, 11) is 0. The van der Waals surface area contributed by atoms with Gasteiger partial charge in [0.25, 0.3) is 0 Å². The molecular formula is C12H16N2O. The van der Waals surface area contributed by atoms with Crippen molar-refractivity contribution in [2.75, 3.05) is 18.5 Å². The van der Waals surface area contributed by atoms with Crippen molar-refractivity contribution in [1.82, 2.24) is 4.98 Å². The number of aromatic nitrogens is 1. The number of nitrogens with one attached hydrogen (secondary N) is 2. The summed E-state index contributed by atoms with van der Waals surface area (Å²) in [5, 5.41) is 13.2. The van der Waals surface area contributed by atoms with E-state index in [2.05, 4.69) is 28.5 Å². The Morgan fingerprint density at radius 1 is 1.20 bits per heavy atom. The predicted molar refractivity (Wildman–Crippen MR) is 63.1 cm³/mol. The number of hydrogen-bond acceptors (Lipinski definition) is 2. The van der Waals surface area contributed by atoms with E-state index in [1.165, 1.54) is 5.39 Å². The van der Waals surface area contributed by atoms with E-state index in [4.69, 9.17) is 5.11 Å². The largest absolute Gasteiger partial charge is 0.396 e. The van der Waals surface area contributed by atoms with E-state index in [0.717, 1.165) is 30.7 Å². The number of hydrogen-bond donors (Lipinski definition) is 3. The molecule has 1 aromatic carbocycles. The zero-order valence-electron chi connectivity index (χ0n) is 8.66. The summed E-state index contributed by atoms with van der Waals surface area (Å²) in [6.07, 6.45) is 1.85. The lowest BCUT2D eigenvalue weighted by atomic mass is 10.2. The van der Waals surface area contributed by atoms with Crippen molar-refractivity contribution in [3.63, 3.8) is 0 Å². The molecule has 3 heteroatoms. The van der Waals surface area contributed by atoms with Crippen LogP contribution in [0.25, 0.3) is 10.9 Å². The summed E-state index contributed by atoms with van der Waals surface area (Å²) in [5.74, 6) is 1.05. The van der Waals surface area contributed by atoms with Gasteiger partial charge in [-0.2, -0.15) is 0 Å². The molecule has 15 heavy (non-hydrogen) atoms. The lowest BCUT2D eigenvalue weighted by molar-refractivity contribution is 0.286. The Bertz CT molecular complexity index is 389. The zero-order valence-corrected chi connectivity index (χ0v) is 8.66. The molecule has 0 aliphatic carbocycles. The van der Waals surface area contributed by atoms with Crippen LogP contribution in [0.5, 0.6) is 0 Å². The van der Waals surface area contributed by atoms with Crippen LogP contribution < -0.4 is 5.32 Å². The molecule has 1 aromatic heterocycles. The molecule has 0 fully saturated rings. The molecule has 1 heterocycles. The van der Waals surface area contributed by atoms with Crippen molar-refractivity contribution in [3.8, 4) is 0 Å². The molecule has 2 rings (SSSR count). The van der Waals surface area contributed by atoms with E-state index in [1.807, 2.05) is 12.1 Å². The van der Waals surface area contributed by atoms with Crippen molar-refractivity contribution in [1.29, 1.82) is 0 Å². The Morgan fingerprint density at radius 3 is 2.87 bits per heavy atom. The highest BCUT2D eigenvalue weighted by molar-refractivity contribution is 5.83. The van der Waals surface area contributed by atoms with Gasteiger partial charge in [-0.3, -0.25) is 0 Å². The van der Waals surface area contributed by atoms with E-state index in [0.29, 0.717) is 0 Å². The first kappa shape index (κ1) is 10.1. The number of aliphatic hydroxyl groups excluding tert-OH is 1. The molecule has 0 spiro atoms. The molecule has 0 aliphatic rings. The minimum atomic E-state index is 0.272. The number of anilines is 1. The molecule has 3 N–H and O–H groups in total. The maximum Gasteiger partial charge on any atom is 0.104 e. The van der Waals surface area contributed by atoms with Crippen LogP contribution >= 0.6 is 0 Å². The van der Waals surface area contributed by atoms with Gasteiger partial charge >= 0.3 is 0 Å². The smallest absolute Gasteiger partial charge is 0.104 e. The Labute approximate surface area is 89.1 Å². The van der Waals surface area contributed by atoms with Gasteiger partial charge in [-0.05, 0) is 25.0 Å². The first-order valence-corrected chi connectivity index (χ1v) is 5.32. The average molecular weight is 204 g/mol. The second-order valence-corrected chi connectivity index (χ2v) is 3.63. The molecule has 3 nitrogen and oxygen atoms in total. The summed E-state index contributed by atoms with van der Waals surface area (Å²) < 4.78 is 0. The first-order valence-electron chi connectivity index (χ1n) is 5.32. The number of para-hydroxylation sites is 1. The molecule has 0 unspecified atom stereocenters. The Balaban J connectivity index is 1.97. The lowest BCUT2D eigenvalue weighted by Gasteiger charge is -2.01. The highest BCUT2D eigenvalue weighted by Gasteiger charge is 1.97. The number of aromatic amines is 1. The second kappa shape index (κ2) is 4.84. The van der Waals surface area contributed by atoms with Crippen molar-refractivity contribution >= 4 is 16.7 Å². The van der Waals surface area contributed by atoms with Gasteiger partial charge < -0.3 is 15.4 Å². The van der Waals surface area contributed by atoms with E-state index in [9.17, 15) is 0 Å². The molecule has 2 aromatic rings. The molecule has 0 atom stereocenters. The number of benzene rings is 1. The predicted octanol–water partition coefficient (Wildman–Crippen LogP) is 2.35. The third kappa shape index (κ3) is 2.50. The second-order valence-electron chi connectivity index (χ2n) is 3.63. The van der Waals surface area contributed by atoms with Gasteiger partial charge in [-0.15, -0.1) is 0 Å². The molecule has 0 aliphatic heterocycles. The van der Waals surface area contributed by atoms with E-state index in [1.54, 1.807) is 0 Å². The van der Waals surface area contributed by atoms with Gasteiger partial charge in [-0.25, -0.2) is 0 Å². The molecule has 80 valence electrons. The number of unbranched alkanes of at least 4 members (excludes halogenated alkanes) is 1. The maximum absolute atomic E-state index is 8.64. The van der Waals surface area contributed by atoms with Gasteiger partial charge in [0.05, 0.1) is 0 Å². The van der Waals surface area contributed by atoms with Crippen molar-refractivity contribution < 1.29 is 5.11 Å². The van der Waals surface area contributed by atoms with E-state index < -0.39 is 0 Å². The van der Waals surface area contributed by atoms with Crippen molar-refractivity contribution in [2.24, 2.45) is 0 Å². The van der Waals surface area contributed by atoms with Crippen LogP contribution in [0.2, 0.25) is 0 Å². The first-order chi connectivity index (χ1) is 7.40. The van der Waals surface area contributed by atoms with E-state index >= 15 is 0 Å². The standard InChI is InChI=1S/C12H16N2O/c15-8-4-3-7-13-12-9-10-5-1-2-6-11(10)14-12/h1-2,5-6,9,13-15H,3-4,7-8H2. The summed E-state index contributed by atoms with van der Waals surface area (Å²) in [6.45, 7) is 1.17. The highest BCUT2D eigenvalue weighted by atomic mass is 16.2. The quantitative estimate of drug-likeness (QED) is 0.655. The fourth-order valence-corrected chi connectivity index (χ4v) is 1.63. The monoisotopic (exact) mass is 204 g/mol. The summed E-state index contributed by atoms with van der Waals surface area (Å²) in [5.41, 5.74) is 1.15. The van der Waals surface area contributed by atoms with Crippen LogP contribution in [-0.4, -0.2) is 23.2 Å². The molecule has 0 amide bonds. The summed E-state index contributed by atoms with van der Waals surface area (Å²) in [4.78, 5) is 3.30. The van der Waals surface area contributed by atoms with E-state index in [-0.39, 0.29) is 6.61 Å². The molecule has 0 bridgehead atoms. The highest BCUT2D eigenvalue weighted by Crippen LogP contribution is 2.17. The zero-order chi connectivity index (χ0) is 10.5. The van der Waals surface area contributed by atoms with Crippen molar-refractivity contribution in [3.05, 3.63) is 30.3 Å². The maximum atomic E-state index is 8.64. The average Bonchev–Trinajstić information content (AvgIpc) is 2.67. The van der Waals surface area contributed by atoms with Crippen LogP contribution in [-0.2, 0) is 0 Å². The van der Waals surface area contributed by atoms with Crippen LogP contribution in [0.15, 0.2) is 30.3 Å². The van der Waals surface area contributed by atoms with Crippen LogP contribution in [0.3, 0.4) is 0 Å². The van der Waals surface area contributed by atoms with Crippen molar-refractivity contribution in [2.45, 2.75) is 12.8 Å². The van der Waals surface area contributed by atoms with Gasteiger partial charge in [0, 0.05) is 24.1 Å². The summed E-state index contributed by atoms with van der Waals surface area (Å²) >= 11 is 0. The summed E-state index contributed by atoms with van der Waals surface area (Å²) in [6, 6.07) is 10.3. The van der Waals surface area contributed by atoms with Gasteiger partial charge in [0.2, 0.25) is 0 Å². The van der Waals surface area contributed by atoms with Gasteiger partial charge in [0.15, 0.2) is 0 Å². The Kier molecular flexibility index (Phi) is 3.25. The van der Waals surface area contributed by atoms with Crippen LogP contribution in [0.4, 0.5) is 5.82 Å². The Hall–Kier alpha value is -1.48. The van der Waals surface area contributed by atoms with Crippen LogP contribution in [0, 0.1) is 0 Å². The molecule has 0 saturated heterocycles. The Morgan fingerprint density at radius 2 is 2.07 bits per heavy atom. The lowest BCUT2D eigenvalue weighted by Crippen LogP contribution is -2.02. The normalized spacial score (nSPS) is 10.7. The number of aliphatic hydroxyl groups is 1. The van der Waals surface area contributed by atoms with Crippen LogP contribution in [0.1, 0.15) is 12.8 Å². The molecular weight excluding hydrogens is 188 g/mol. The number of rotatable bonds is 5. The number of H-pyrrole nitrogens is 1. The molecule has 0 radical (unpaired) electrons. The third-order valence-corrected chi connectivity index (χ3v) is 2.43. The third-order valence-electron chi connectivity index (χ3n) is 2.43. The van der Waals surface area contributed by atoms with Gasteiger partial charge in [-0.1, -0.05) is 18.2 Å². The SMILES string of the molecule is OCCCCNc1cc2ccccc2[nH]1. The fourth-order valence-electron chi connectivity index (χ4n) is 1.63.